The molecule has 0 saturated carbocycles. The van der Waals surface area contributed by atoms with Crippen LogP contribution >= 0.6 is 0 Å². The van der Waals surface area contributed by atoms with Gasteiger partial charge >= 0.3 is 0 Å². The molecule has 0 radical (unpaired) electrons. The van der Waals surface area contributed by atoms with Crippen molar-refractivity contribution in [2.24, 2.45) is 5.73 Å². The third-order valence-corrected chi connectivity index (χ3v) is 6.34. The minimum atomic E-state index is -0.713. The lowest BCUT2D eigenvalue weighted by molar-refractivity contribution is 0.100. The number of phenols is 1. The molecule has 3 N–H and O–H groups in total. The number of benzene rings is 3. The van der Waals surface area contributed by atoms with Crippen LogP contribution in [0.25, 0.3) is 44.0 Å². The van der Waals surface area contributed by atoms with E-state index in [1.165, 1.54) is 12.1 Å². The Bertz CT molecular complexity index is 1760. The number of nitrogens with two attached hydrogens (primary N) is 1. The van der Waals surface area contributed by atoms with Gasteiger partial charge in [-0.15, -0.1) is 0 Å². The van der Waals surface area contributed by atoms with Gasteiger partial charge in [-0.1, -0.05) is 18.2 Å². The molecule has 0 aliphatic heterocycles. The Morgan fingerprint density at radius 2 is 1.76 bits per heavy atom. The summed E-state index contributed by atoms with van der Waals surface area (Å²) in [6.07, 6.45) is 5.57. The maximum Gasteiger partial charge on any atom is 0.248 e. The number of carbonyl (C=O) groups is 1. The first-order valence-corrected chi connectivity index (χ1v) is 10.7. The van der Waals surface area contributed by atoms with Crippen LogP contribution < -0.4 is 5.73 Å². The zero-order valence-corrected chi connectivity index (χ0v) is 18.2. The number of pyridine rings is 1. The first-order chi connectivity index (χ1) is 16.4. The van der Waals surface area contributed by atoms with Crippen molar-refractivity contribution in [2.45, 2.75) is 6.92 Å². The highest BCUT2D eigenvalue weighted by atomic mass is 19.1. The monoisotopic (exact) mass is 450 g/mol. The summed E-state index contributed by atoms with van der Waals surface area (Å²) >= 11 is 0. The normalized spacial score (nSPS) is 11.6. The molecule has 3 aromatic carbocycles. The first kappa shape index (κ1) is 20.0. The minimum Gasteiger partial charge on any atom is -0.505 e. The van der Waals surface area contributed by atoms with Gasteiger partial charge in [0.05, 0.1) is 11.0 Å². The van der Waals surface area contributed by atoms with E-state index < -0.39 is 17.5 Å². The number of aromatic hydroxyl groups is 1. The summed E-state index contributed by atoms with van der Waals surface area (Å²) in [5.41, 5.74) is 10.3. The molecule has 0 unspecified atom stereocenters. The molecule has 1 amide bonds. The molecule has 3 aromatic heterocycles. The topological polar surface area (TPSA) is 85.6 Å². The average molecular weight is 450 g/mol. The van der Waals surface area contributed by atoms with Crippen molar-refractivity contribution < 1.29 is 14.3 Å². The fourth-order valence-corrected chi connectivity index (χ4v) is 4.69. The lowest BCUT2D eigenvalue weighted by Crippen LogP contribution is -2.10. The van der Waals surface area contributed by atoms with Gasteiger partial charge in [0.2, 0.25) is 5.91 Å². The summed E-state index contributed by atoms with van der Waals surface area (Å²) in [5.74, 6) is -0.817. The zero-order chi connectivity index (χ0) is 23.6. The highest BCUT2D eigenvalue weighted by Gasteiger charge is 2.17. The van der Waals surface area contributed by atoms with E-state index in [1.807, 2.05) is 64.7 Å². The molecule has 6 rings (SSSR count). The van der Waals surface area contributed by atoms with Gasteiger partial charge in [-0.2, -0.15) is 0 Å². The number of aromatic nitrogens is 3. The van der Waals surface area contributed by atoms with Crippen LogP contribution in [0, 0.1) is 12.7 Å². The van der Waals surface area contributed by atoms with E-state index in [1.54, 1.807) is 18.3 Å². The largest absolute Gasteiger partial charge is 0.505 e. The van der Waals surface area contributed by atoms with Crippen LogP contribution in [0.1, 0.15) is 16.2 Å². The minimum absolute atomic E-state index is 0.343. The van der Waals surface area contributed by atoms with Crippen molar-refractivity contribution in [2.75, 3.05) is 0 Å². The van der Waals surface area contributed by atoms with E-state index >= 15 is 0 Å². The molecule has 6 aromatic rings. The van der Waals surface area contributed by atoms with E-state index in [9.17, 15) is 14.3 Å². The summed E-state index contributed by atoms with van der Waals surface area (Å²) in [7, 11) is 0. The van der Waals surface area contributed by atoms with Gasteiger partial charge in [-0.25, -0.2) is 9.37 Å². The third kappa shape index (κ3) is 2.87. The number of hydrogen-bond acceptors (Lipinski definition) is 3. The Kier molecular flexibility index (Phi) is 4.22. The highest BCUT2D eigenvalue weighted by molar-refractivity contribution is 6.17. The SMILES string of the molecule is Cc1nccn1-c1ccc(-c2ccn3c4cc(F)c(O)cc4c4cc(C(N)=O)ccc4c23)cc1. The van der Waals surface area contributed by atoms with Gasteiger partial charge < -0.3 is 19.8 Å². The molecule has 34 heavy (non-hydrogen) atoms. The number of amides is 1. The fraction of sp³-hybridized carbons (Fsp3) is 0.0370. The van der Waals surface area contributed by atoms with Crippen molar-refractivity contribution in [3.63, 3.8) is 0 Å². The van der Waals surface area contributed by atoms with Gasteiger partial charge in [0, 0.05) is 52.2 Å². The van der Waals surface area contributed by atoms with E-state index in [0.29, 0.717) is 21.9 Å². The molecular weight excluding hydrogens is 431 g/mol. The summed E-state index contributed by atoms with van der Waals surface area (Å²) in [5, 5.41) is 12.2. The van der Waals surface area contributed by atoms with Gasteiger partial charge in [-0.05, 0) is 54.3 Å². The number of rotatable bonds is 3. The predicted octanol–water partition coefficient (Wildman–Crippen LogP) is 5.35. The maximum atomic E-state index is 14.4. The van der Waals surface area contributed by atoms with Crippen molar-refractivity contribution >= 4 is 33.1 Å². The maximum absolute atomic E-state index is 14.4. The van der Waals surface area contributed by atoms with E-state index in [0.717, 1.165) is 33.5 Å². The second-order valence-corrected chi connectivity index (χ2v) is 8.28. The molecule has 3 heterocycles. The fourth-order valence-electron chi connectivity index (χ4n) is 4.69. The van der Waals surface area contributed by atoms with Crippen molar-refractivity contribution in [1.82, 2.24) is 14.0 Å². The lowest BCUT2D eigenvalue weighted by Gasteiger charge is -2.13. The van der Waals surface area contributed by atoms with Gasteiger partial charge in [0.15, 0.2) is 11.6 Å². The Balaban J connectivity index is 1.66. The first-order valence-electron chi connectivity index (χ1n) is 10.7. The van der Waals surface area contributed by atoms with Crippen molar-refractivity contribution in [3.05, 3.63) is 96.5 Å². The van der Waals surface area contributed by atoms with Crippen LogP contribution in [0.3, 0.4) is 0 Å². The quantitative estimate of drug-likeness (QED) is 0.357. The number of primary amides is 1. The third-order valence-electron chi connectivity index (χ3n) is 6.34. The number of imidazole rings is 1. The number of hydrogen-bond donors (Lipinski definition) is 2. The molecule has 0 fully saturated rings. The molecule has 7 heteroatoms. The number of fused-ring (bicyclic) bond motifs is 6. The van der Waals surface area contributed by atoms with Crippen LogP contribution in [0.2, 0.25) is 0 Å². The molecule has 0 aliphatic rings. The number of phenolic OH excluding ortho intramolecular Hbond substituents is 1. The summed E-state index contributed by atoms with van der Waals surface area (Å²) < 4.78 is 18.3. The van der Waals surface area contributed by atoms with Crippen LogP contribution in [0.15, 0.2) is 79.3 Å². The predicted molar refractivity (Wildman–Crippen MR) is 130 cm³/mol. The van der Waals surface area contributed by atoms with Gasteiger partial charge in [0.1, 0.15) is 5.82 Å². The standard InChI is InChI=1S/C27H19FN4O2/c1-15-30-9-11-31(15)18-5-2-16(3-6-18)19-8-10-32-24-14-23(28)25(33)13-22(24)21-12-17(27(29)34)4-7-20(21)26(19)32/h2-14,33H,1H3,(H2,29,34). The van der Waals surface area contributed by atoms with E-state index in [-0.39, 0.29) is 0 Å². The molecular formula is C27H19FN4O2. The zero-order valence-electron chi connectivity index (χ0n) is 18.2. The molecule has 166 valence electrons. The number of halogens is 1. The Hall–Kier alpha value is -4.65. The molecule has 0 atom stereocenters. The van der Waals surface area contributed by atoms with Crippen molar-refractivity contribution in [1.29, 1.82) is 0 Å². The number of aryl methyl sites for hydroxylation is 1. The Labute approximate surface area is 193 Å². The average Bonchev–Trinajstić information content (AvgIpc) is 3.47. The van der Waals surface area contributed by atoms with Crippen LogP contribution in [0.5, 0.6) is 5.75 Å². The number of carbonyl (C=O) groups excluding carboxylic acids is 1. The lowest BCUT2D eigenvalue weighted by atomic mass is 9.98. The summed E-state index contributed by atoms with van der Waals surface area (Å²) in [4.78, 5) is 16.1. The molecule has 0 saturated heterocycles. The smallest absolute Gasteiger partial charge is 0.248 e. The van der Waals surface area contributed by atoms with Crippen LogP contribution in [-0.2, 0) is 0 Å². The second kappa shape index (κ2) is 7.18. The van der Waals surface area contributed by atoms with Gasteiger partial charge in [0.25, 0.3) is 0 Å². The van der Waals surface area contributed by atoms with Crippen molar-refractivity contribution in [3.8, 4) is 22.6 Å². The molecule has 0 bridgehead atoms. The molecule has 0 aliphatic carbocycles. The Morgan fingerprint density at radius 1 is 0.971 bits per heavy atom. The molecule has 0 spiro atoms. The highest BCUT2D eigenvalue weighted by Crippen LogP contribution is 2.38. The molecule has 6 nitrogen and oxygen atoms in total. The van der Waals surface area contributed by atoms with E-state index in [4.69, 9.17) is 5.73 Å². The summed E-state index contributed by atoms with van der Waals surface area (Å²) in [6, 6.07) is 18.0. The van der Waals surface area contributed by atoms with Crippen LogP contribution in [-0.4, -0.2) is 25.0 Å². The summed E-state index contributed by atoms with van der Waals surface area (Å²) in [6.45, 7) is 1.95. The Morgan fingerprint density at radius 3 is 2.47 bits per heavy atom. The second-order valence-electron chi connectivity index (χ2n) is 8.28. The van der Waals surface area contributed by atoms with Gasteiger partial charge in [-0.3, -0.25) is 4.79 Å². The van der Waals surface area contributed by atoms with E-state index in [2.05, 4.69) is 4.98 Å². The number of nitrogens with zero attached hydrogens (tertiary/aromatic N) is 3. The van der Waals surface area contributed by atoms with Crippen LogP contribution in [0.4, 0.5) is 4.39 Å².